The van der Waals surface area contributed by atoms with Gasteiger partial charge in [-0.3, -0.25) is 0 Å². The lowest BCUT2D eigenvalue weighted by atomic mass is 10.3. The van der Waals surface area contributed by atoms with Gasteiger partial charge in [0.05, 0.1) is 0 Å². The first kappa shape index (κ1) is 9.65. The van der Waals surface area contributed by atoms with E-state index in [0.29, 0.717) is 0 Å². The van der Waals surface area contributed by atoms with Crippen LogP contribution >= 0.6 is 9.24 Å². The van der Waals surface area contributed by atoms with E-state index in [9.17, 15) is 0 Å². The molecule has 0 saturated carbocycles. The summed E-state index contributed by atoms with van der Waals surface area (Å²) in [5.74, 6) is 0. The maximum Gasteiger partial charge on any atom is -0.0306 e. The number of allylic oxidation sites excluding steroid dienone is 5. The van der Waals surface area contributed by atoms with E-state index in [-0.39, 0.29) is 0 Å². The molecule has 0 aliphatic carbocycles. The Bertz CT molecular complexity index is 143. The third kappa shape index (κ3) is 5.78. The molecular formula is C9H15P. The van der Waals surface area contributed by atoms with Crippen molar-refractivity contribution in [2.75, 3.05) is 0 Å². The molecule has 0 radical (unpaired) electrons. The standard InChI is InChI=1S/C9H15P/c1-3-5-6-8-9(10)7-4-2/h4,6-8H,2-3,5,10H2,1H3/b8-6-,9-7+. The summed E-state index contributed by atoms with van der Waals surface area (Å²) >= 11 is 0. The molecule has 0 aromatic carbocycles. The lowest BCUT2D eigenvalue weighted by Gasteiger charge is -1.87. The van der Waals surface area contributed by atoms with Crippen LogP contribution < -0.4 is 0 Å². The highest BCUT2D eigenvalue weighted by atomic mass is 31.0. The van der Waals surface area contributed by atoms with E-state index in [1.165, 1.54) is 11.7 Å². The second-order valence-electron chi connectivity index (χ2n) is 2.09. The van der Waals surface area contributed by atoms with Crippen LogP contribution in [0.15, 0.2) is 36.2 Å². The van der Waals surface area contributed by atoms with Gasteiger partial charge in [0, 0.05) is 0 Å². The minimum atomic E-state index is 1.16. The first-order valence-corrected chi connectivity index (χ1v) is 4.13. The molecule has 0 heterocycles. The molecule has 0 aliphatic heterocycles. The minimum Gasteiger partial charge on any atom is -0.106 e. The van der Waals surface area contributed by atoms with Crippen molar-refractivity contribution in [1.82, 2.24) is 0 Å². The van der Waals surface area contributed by atoms with Crippen molar-refractivity contribution in [3.8, 4) is 0 Å². The van der Waals surface area contributed by atoms with Crippen LogP contribution in [0.3, 0.4) is 0 Å². The molecule has 0 fully saturated rings. The monoisotopic (exact) mass is 154 g/mol. The summed E-state index contributed by atoms with van der Waals surface area (Å²) in [7, 11) is 2.65. The van der Waals surface area contributed by atoms with Crippen LogP contribution in [0.5, 0.6) is 0 Å². The molecule has 1 unspecified atom stereocenters. The molecule has 0 nitrogen and oxygen atoms in total. The molecule has 0 aromatic heterocycles. The summed E-state index contributed by atoms with van der Waals surface area (Å²) < 4.78 is 0. The molecule has 0 amide bonds. The fourth-order valence-electron chi connectivity index (χ4n) is 0.578. The van der Waals surface area contributed by atoms with E-state index in [0.717, 1.165) is 6.42 Å². The summed E-state index contributed by atoms with van der Waals surface area (Å²) in [6.45, 7) is 5.78. The molecule has 10 heavy (non-hydrogen) atoms. The van der Waals surface area contributed by atoms with E-state index in [2.05, 4.69) is 34.9 Å². The Kier molecular flexibility index (Phi) is 6.53. The molecule has 0 saturated heterocycles. The Balaban J connectivity index is 3.65. The van der Waals surface area contributed by atoms with Crippen molar-refractivity contribution in [2.45, 2.75) is 19.8 Å². The van der Waals surface area contributed by atoms with Gasteiger partial charge in [0.2, 0.25) is 0 Å². The molecule has 1 atom stereocenters. The van der Waals surface area contributed by atoms with Crippen LogP contribution in [0.4, 0.5) is 0 Å². The minimum absolute atomic E-state index is 1.16. The van der Waals surface area contributed by atoms with Gasteiger partial charge in [-0.05, 0) is 11.7 Å². The zero-order valence-corrected chi connectivity index (χ0v) is 7.66. The highest BCUT2D eigenvalue weighted by Crippen LogP contribution is 2.07. The van der Waals surface area contributed by atoms with Gasteiger partial charge in [0.15, 0.2) is 0 Å². The Labute approximate surface area is 65.9 Å². The summed E-state index contributed by atoms with van der Waals surface area (Å²) in [6, 6.07) is 0. The molecule has 0 spiro atoms. The predicted octanol–water partition coefficient (Wildman–Crippen LogP) is 3.29. The molecule has 0 rings (SSSR count). The van der Waals surface area contributed by atoms with Crippen LogP contribution in [0.25, 0.3) is 0 Å². The van der Waals surface area contributed by atoms with Gasteiger partial charge in [0.25, 0.3) is 0 Å². The average molecular weight is 154 g/mol. The maximum atomic E-state index is 3.61. The van der Waals surface area contributed by atoms with Crippen LogP contribution in [-0.4, -0.2) is 0 Å². The fraction of sp³-hybridized carbons (Fsp3) is 0.333. The number of hydrogen-bond donors (Lipinski definition) is 0. The van der Waals surface area contributed by atoms with Crippen LogP contribution in [0.2, 0.25) is 0 Å². The van der Waals surface area contributed by atoms with Gasteiger partial charge in [0.1, 0.15) is 0 Å². The Morgan fingerprint density at radius 2 is 2.30 bits per heavy atom. The van der Waals surface area contributed by atoms with Gasteiger partial charge < -0.3 is 0 Å². The summed E-state index contributed by atoms with van der Waals surface area (Å²) in [4.78, 5) is 0. The Hall–Kier alpha value is -0.350. The molecule has 56 valence electrons. The SMILES string of the molecule is C=C/C=C(P)\C=C/CCC. The normalized spacial score (nSPS) is 12.4. The van der Waals surface area contributed by atoms with E-state index in [1.54, 1.807) is 6.08 Å². The fourth-order valence-corrected chi connectivity index (χ4v) is 0.850. The van der Waals surface area contributed by atoms with Crippen molar-refractivity contribution in [2.24, 2.45) is 0 Å². The van der Waals surface area contributed by atoms with Crippen molar-refractivity contribution in [3.63, 3.8) is 0 Å². The molecule has 0 bridgehead atoms. The average Bonchev–Trinajstić information content (AvgIpc) is 1.89. The van der Waals surface area contributed by atoms with Crippen LogP contribution in [0, 0.1) is 0 Å². The van der Waals surface area contributed by atoms with E-state index < -0.39 is 0 Å². The second-order valence-corrected chi connectivity index (χ2v) is 2.76. The number of unbranched alkanes of at least 4 members (excludes halogenated alkanes) is 1. The topological polar surface area (TPSA) is 0 Å². The highest BCUT2D eigenvalue weighted by Gasteiger charge is 1.76. The molecule has 0 N–H and O–H groups in total. The van der Waals surface area contributed by atoms with Crippen LogP contribution in [-0.2, 0) is 0 Å². The summed E-state index contributed by atoms with van der Waals surface area (Å²) in [5.41, 5.74) is 0. The largest absolute Gasteiger partial charge is 0.106 e. The van der Waals surface area contributed by atoms with E-state index >= 15 is 0 Å². The molecule has 0 aromatic rings. The van der Waals surface area contributed by atoms with Gasteiger partial charge >= 0.3 is 0 Å². The lowest BCUT2D eigenvalue weighted by molar-refractivity contribution is 0.958. The second kappa shape index (κ2) is 6.77. The van der Waals surface area contributed by atoms with Crippen molar-refractivity contribution in [1.29, 1.82) is 0 Å². The van der Waals surface area contributed by atoms with Gasteiger partial charge in [-0.25, -0.2) is 0 Å². The summed E-state index contributed by atoms with van der Waals surface area (Å²) in [5, 5.41) is 1.18. The van der Waals surface area contributed by atoms with Crippen molar-refractivity contribution >= 4 is 9.24 Å². The first-order chi connectivity index (χ1) is 4.81. The zero-order valence-electron chi connectivity index (χ0n) is 6.51. The van der Waals surface area contributed by atoms with E-state index in [1.807, 2.05) is 6.08 Å². The molecule has 0 aliphatic rings. The van der Waals surface area contributed by atoms with Crippen molar-refractivity contribution in [3.05, 3.63) is 36.2 Å². The quantitative estimate of drug-likeness (QED) is 0.430. The first-order valence-electron chi connectivity index (χ1n) is 3.56. The Morgan fingerprint density at radius 1 is 1.60 bits per heavy atom. The Morgan fingerprint density at radius 3 is 2.80 bits per heavy atom. The van der Waals surface area contributed by atoms with E-state index in [4.69, 9.17) is 0 Å². The molecule has 1 heteroatoms. The number of hydrogen-bond acceptors (Lipinski definition) is 0. The summed E-state index contributed by atoms with van der Waals surface area (Å²) in [6.07, 6.45) is 10.4. The third-order valence-electron chi connectivity index (χ3n) is 1.08. The lowest BCUT2D eigenvalue weighted by Crippen LogP contribution is -1.62. The van der Waals surface area contributed by atoms with Gasteiger partial charge in [-0.2, -0.15) is 0 Å². The van der Waals surface area contributed by atoms with Crippen LogP contribution in [0.1, 0.15) is 19.8 Å². The smallest absolute Gasteiger partial charge is 0.0306 e. The highest BCUT2D eigenvalue weighted by molar-refractivity contribution is 7.22. The zero-order chi connectivity index (χ0) is 7.82. The van der Waals surface area contributed by atoms with Gasteiger partial charge in [-0.15, -0.1) is 9.24 Å². The van der Waals surface area contributed by atoms with Crippen molar-refractivity contribution < 1.29 is 0 Å². The molecular weight excluding hydrogens is 139 g/mol. The number of rotatable bonds is 4. The van der Waals surface area contributed by atoms with Gasteiger partial charge in [-0.1, -0.05) is 44.2 Å². The maximum absolute atomic E-state index is 3.61. The predicted molar refractivity (Wildman–Crippen MR) is 52.0 cm³/mol. The third-order valence-corrected chi connectivity index (χ3v) is 1.46.